The Balaban J connectivity index is 2.66. The van der Waals surface area contributed by atoms with Gasteiger partial charge in [-0.15, -0.1) is 0 Å². The molecule has 1 nitrogen and oxygen atoms in total. The van der Waals surface area contributed by atoms with Gasteiger partial charge >= 0.3 is 0 Å². The Morgan fingerprint density at radius 2 is 2.07 bits per heavy atom. The maximum atomic E-state index is 11.6. The highest BCUT2D eigenvalue weighted by Crippen LogP contribution is 2.37. The van der Waals surface area contributed by atoms with Gasteiger partial charge in [-0.25, -0.2) is 0 Å². The zero-order valence-corrected chi connectivity index (χ0v) is 9.32. The molecule has 3 heteroatoms. The van der Waals surface area contributed by atoms with Gasteiger partial charge in [-0.05, 0) is 30.0 Å². The number of hydrogen-bond donors (Lipinski definition) is 0. The Labute approximate surface area is 93.0 Å². The lowest BCUT2D eigenvalue weighted by Gasteiger charge is -2.22. The van der Waals surface area contributed by atoms with Crippen LogP contribution in [0, 0.1) is 0 Å². The third kappa shape index (κ3) is 1.55. The average molecular weight is 229 g/mol. The van der Waals surface area contributed by atoms with Gasteiger partial charge in [-0.2, -0.15) is 0 Å². The molecule has 0 spiro atoms. The van der Waals surface area contributed by atoms with E-state index in [1.807, 2.05) is 0 Å². The fourth-order valence-corrected chi connectivity index (χ4v) is 2.62. The minimum Gasteiger partial charge on any atom is -0.294 e. The van der Waals surface area contributed by atoms with Crippen molar-refractivity contribution < 1.29 is 4.79 Å². The maximum Gasteiger partial charge on any atom is 0.163 e. The van der Waals surface area contributed by atoms with Crippen molar-refractivity contribution >= 4 is 29.0 Å². The number of ketones is 1. The second-order valence-corrected chi connectivity index (χ2v) is 4.56. The van der Waals surface area contributed by atoms with Crippen LogP contribution in [0.4, 0.5) is 0 Å². The highest BCUT2D eigenvalue weighted by Gasteiger charge is 2.25. The Bertz CT molecular complexity index is 399. The number of carbonyl (C=O) groups excluding carboxylic acids is 1. The molecule has 0 saturated heterocycles. The standard InChI is InChI=1S/C11H10Cl2O/c1-6-2-3-10(14)8-4-7(12)5-9(13)11(6)8/h4-6H,2-3H2,1H3. The van der Waals surface area contributed by atoms with Gasteiger partial charge in [0.2, 0.25) is 0 Å². The van der Waals surface area contributed by atoms with Crippen molar-refractivity contribution in [3.05, 3.63) is 33.3 Å². The number of Topliss-reactive ketones (excluding diaryl/α,β-unsaturated/α-hetero) is 1. The van der Waals surface area contributed by atoms with Crippen LogP contribution in [-0.2, 0) is 0 Å². The van der Waals surface area contributed by atoms with E-state index in [9.17, 15) is 4.79 Å². The van der Waals surface area contributed by atoms with Crippen LogP contribution in [0.2, 0.25) is 10.0 Å². The zero-order chi connectivity index (χ0) is 10.3. The van der Waals surface area contributed by atoms with Crippen LogP contribution < -0.4 is 0 Å². The van der Waals surface area contributed by atoms with Crippen molar-refractivity contribution in [1.29, 1.82) is 0 Å². The monoisotopic (exact) mass is 228 g/mol. The Morgan fingerprint density at radius 3 is 2.79 bits per heavy atom. The molecule has 0 saturated carbocycles. The number of carbonyl (C=O) groups is 1. The van der Waals surface area contributed by atoms with Gasteiger partial charge in [0.25, 0.3) is 0 Å². The fourth-order valence-electron chi connectivity index (χ4n) is 1.94. The van der Waals surface area contributed by atoms with Crippen LogP contribution in [-0.4, -0.2) is 5.78 Å². The molecule has 0 fully saturated rings. The maximum absolute atomic E-state index is 11.6. The van der Waals surface area contributed by atoms with Gasteiger partial charge in [-0.1, -0.05) is 30.1 Å². The lowest BCUT2D eigenvalue weighted by atomic mass is 9.83. The van der Waals surface area contributed by atoms with Gasteiger partial charge < -0.3 is 0 Å². The van der Waals surface area contributed by atoms with Gasteiger partial charge in [0, 0.05) is 22.0 Å². The van der Waals surface area contributed by atoms with Gasteiger partial charge in [0.05, 0.1) is 0 Å². The number of rotatable bonds is 0. The first-order valence-electron chi connectivity index (χ1n) is 4.61. The molecule has 1 unspecified atom stereocenters. The minimum atomic E-state index is 0.155. The Morgan fingerprint density at radius 1 is 1.36 bits per heavy atom. The van der Waals surface area contributed by atoms with E-state index in [4.69, 9.17) is 23.2 Å². The summed E-state index contributed by atoms with van der Waals surface area (Å²) in [5.74, 6) is 0.509. The molecule has 74 valence electrons. The van der Waals surface area contributed by atoms with Crippen molar-refractivity contribution in [3.8, 4) is 0 Å². The number of halogens is 2. The summed E-state index contributed by atoms with van der Waals surface area (Å²) >= 11 is 11.9. The van der Waals surface area contributed by atoms with Crippen LogP contribution in [0.1, 0.15) is 41.6 Å². The van der Waals surface area contributed by atoms with E-state index in [0.29, 0.717) is 27.9 Å². The molecule has 0 aliphatic heterocycles. The summed E-state index contributed by atoms with van der Waals surface area (Å²) in [6, 6.07) is 3.43. The van der Waals surface area contributed by atoms with E-state index in [1.54, 1.807) is 12.1 Å². The van der Waals surface area contributed by atoms with E-state index < -0.39 is 0 Å². The van der Waals surface area contributed by atoms with Crippen molar-refractivity contribution in [1.82, 2.24) is 0 Å². The third-order valence-electron chi connectivity index (χ3n) is 2.69. The summed E-state index contributed by atoms with van der Waals surface area (Å²) in [6.45, 7) is 2.09. The molecule has 1 atom stereocenters. The SMILES string of the molecule is CC1CCC(=O)c2cc(Cl)cc(Cl)c21. The lowest BCUT2D eigenvalue weighted by Crippen LogP contribution is -2.14. The summed E-state index contributed by atoms with van der Waals surface area (Å²) in [7, 11) is 0. The van der Waals surface area contributed by atoms with Crippen LogP contribution in [0.15, 0.2) is 12.1 Å². The number of fused-ring (bicyclic) bond motifs is 1. The van der Waals surface area contributed by atoms with Crippen molar-refractivity contribution in [2.45, 2.75) is 25.7 Å². The quantitative estimate of drug-likeness (QED) is 0.655. The first-order valence-corrected chi connectivity index (χ1v) is 5.37. The molecule has 2 rings (SSSR count). The molecule has 1 aromatic rings. The third-order valence-corrected chi connectivity index (χ3v) is 3.22. The first kappa shape index (κ1) is 10.0. The van der Waals surface area contributed by atoms with Gasteiger partial charge in [0.1, 0.15) is 0 Å². The summed E-state index contributed by atoms with van der Waals surface area (Å²) in [6.07, 6.45) is 1.48. The van der Waals surface area contributed by atoms with E-state index in [-0.39, 0.29) is 5.78 Å². The number of hydrogen-bond acceptors (Lipinski definition) is 1. The minimum absolute atomic E-state index is 0.155. The number of benzene rings is 1. The summed E-state index contributed by atoms with van der Waals surface area (Å²) in [5, 5.41) is 1.16. The van der Waals surface area contributed by atoms with Gasteiger partial charge in [-0.3, -0.25) is 4.79 Å². The molecule has 0 bridgehead atoms. The van der Waals surface area contributed by atoms with Crippen molar-refractivity contribution in [2.24, 2.45) is 0 Å². The zero-order valence-electron chi connectivity index (χ0n) is 7.81. The Hall–Kier alpha value is -0.530. The normalized spacial score (nSPS) is 20.8. The molecule has 0 heterocycles. The van der Waals surface area contributed by atoms with Crippen LogP contribution in [0.25, 0.3) is 0 Å². The molecule has 0 amide bonds. The molecule has 14 heavy (non-hydrogen) atoms. The predicted molar refractivity (Wildman–Crippen MR) is 58.4 cm³/mol. The molecule has 0 N–H and O–H groups in total. The molecule has 0 aromatic heterocycles. The van der Waals surface area contributed by atoms with E-state index in [1.165, 1.54) is 0 Å². The second-order valence-electron chi connectivity index (χ2n) is 3.71. The van der Waals surface area contributed by atoms with Crippen molar-refractivity contribution in [2.75, 3.05) is 0 Å². The second kappa shape index (κ2) is 3.56. The van der Waals surface area contributed by atoms with E-state index in [0.717, 1.165) is 12.0 Å². The summed E-state index contributed by atoms with van der Waals surface area (Å²) in [4.78, 5) is 11.6. The molecule has 1 aliphatic rings. The fraction of sp³-hybridized carbons (Fsp3) is 0.364. The Kier molecular flexibility index (Phi) is 2.54. The van der Waals surface area contributed by atoms with Crippen molar-refractivity contribution in [3.63, 3.8) is 0 Å². The molecule has 1 aliphatic carbocycles. The van der Waals surface area contributed by atoms with E-state index >= 15 is 0 Å². The van der Waals surface area contributed by atoms with Crippen LogP contribution in [0.5, 0.6) is 0 Å². The highest BCUT2D eigenvalue weighted by molar-refractivity contribution is 6.36. The van der Waals surface area contributed by atoms with E-state index in [2.05, 4.69) is 6.92 Å². The van der Waals surface area contributed by atoms with Gasteiger partial charge in [0.15, 0.2) is 5.78 Å². The van der Waals surface area contributed by atoms with Crippen LogP contribution >= 0.6 is 23.2 Å². The largest absolute Gasteiger partial charge is 0.294 e. The molecular weight excluding hydrogens is 219 g/mol. The van der Waals surface area contributed by atoms with Crippen LogP contribution in [0.3, 0.4) is 0 Å². The molecule has 0 radical (unpaired) electrons. The lowest BCUT2D eigenvalue weighted by molar-refractivity contribution is 0.0968. The summed E-state index contributed by atoms with van der Waals surface area (Å²) < 4.78 is 0. The molecular formula is C11H10Cl2O. The molecule has 1 aromatic carbocycles. The predicted octanol–water partition coefficient (Wildman–Crippen LogP) is 4.07. The smallest absolute Gasteiger partial charge is 0.163 e. The topological polar surface area (TPSA) is 17.1 Å². The average Bonchev–Trinajstić information content (AvgIpc) is 2.10. The summed E-state index contributed by atoms with van der Waals surface area (Å²) in [5.41, 5.74) is 1.67. The highest BCUT2D eigenvalue weighted by atomic mass is 35.5. The first-order chi connectivity index (χ1) is 6.59.